The summed E-state index contributed by atoms with van der Waals surface area (Å²) >= 11 is 0. The Hall–Kier alpha value is -2.53. The molecule has 2 aromatic rings. The average Bonchev–Trinajstić information content (AvgIpc) is 2.43. The number of benzene rings is 2. The predicted octanol–water partition coefficient (Wildman–Crippen LogP) is 3.19. The number of fused-ring (bicyclic) bond motifs is 1. The van der Waals surface area contributed by atoms with Crippen molar-refractivity contribution >= 4 is 16.7 Å². The van der Waals surface area contributed by atoms with Crippen LogP contribution >= 0.6 is 0 Å². The average molecular weight is 236 g/mol. The van der Waals surface area contributed by atoms with Gasteiger partial charge in [0.25, 0.3) is 0 Å². The van der Waals surface area contributed by atoms with Crippen LogP contribution in [0.15, 0.2) is 54.6 Å². The van der Waals surface area contributed by atoms with E-state index < -0.39 is 0 Å². The Labute approximate surface area is 106 Å². The molecule has 2 heteroatoms. The van der Waals surface area contributed by atoms with Crippen LogP contribution in [0.4, 0.5) is 0 Å². The van der Waals surface area contributed by atoms with Gasteiger partial charge in [0.1, 0.15) is 6.61 Å². The molecule has 0 aliphatic carbocycles. The summed E-state index contributed by atoms with van der Waals surface area (Å²) < 4.78 is 5.12. The molecule has 0 bridgehead atoms. The second kappa shape index (κ2) is 5.70. The van der Waals surface area contributed by atoms with Crippen LogP contribution in [-0.4, -0.2) is 12.6 Å². The van der Waals surface area contributed by atoms with E-state index in [-0.39, 0.29) is 12.6 Å². The van der Waals surface area contributed by atoms with Gasteiger partial charge in [-0.2, -0.15) is 0 Å². The van der Waals surface area contributed by atoms with Crippen molar-refractivity contribution in [3.8, 4) is 12.3 Å². The molecule has 0 saturated heterocycles. The molecule has 0 fully saturated rings. The Morgan fingerprint density at radius 1 is 1.22 bits per heavy atom. The lowest BCUT2D eigenvalue weighted by Crippen LogP contribution is -2.05. The van der Waals surface area contributed by atoms with E-state index in [2.05, 4.69) is 5.92 Å². The minimum absolute atomic E-state index is 0.187. The minimum atomic E-state index is -0.339. The first-order valence-electron chi connectivity index (χ1n) is 5.59. The van der Waals surface area contributed by atoms with Crippen LogP contribution in [0.25, 0.3) is 10.8 Å². The van der Waals surface area contributed by atoms with E-state index in [1.807, 2.05) is 36.4 Å². The molecule has 88 valence electrons. The third-order valence-electron chi connectivity index (χ3n) is 2.53. The van der Waals surface area contributed by atoms with Gasteiger partial charge in [-0.15, -0.1) is 6.42 Å². The van der Waals surface area contributed by atoms with Gasteiger partial charge in [0, 0.05) is 0 Å². The highest BCUT2D eigenvalue weighted by molar-refractivity contribution is 6.04. The van der Waals surface area contributed by atoms with Crippen molar-refractivity contribution in [3.63, 3.8) is 0 Å². The van der Waals surface area contributed by atoms with E-state index in [0.29, 0.717) is 5.56 Å². The first-order chi connectivity index (χ1) is 8.83. The number of carbonyl (C=O) groups is 1. The maximum atomic E-state index is 11.9. The first kappa shape index (κ1) is 11.9. The fourth-order valence-electron chi connectivity index (χ4n) is 1.72. The minimum Gasteiger partial charge on any atom is -0.458 e. The Kier molecular flexibility index (Phi) is 3.78. The molecule has 2 aromatic carbocycles. The molecular formula is C16H12O2. The maximum Gasteiger partial charge on any atom is 0.339 e. The van der Waals surface area contributed by atoms with Crippen molar-refractivity contribution in [1.29, 1.82) is 0 Å². The highest BCUT2D eigenvalue weighted by atomic mass is 16.5. The number of ether oxygens (including phenoxy) is 1. The molecule has 2 nitrogen and oxygen atoms in total. The second-order valence-corrected chi connectivity index (χ2v) is 3.69. The van der Waals surface area contributed by atoms with Gasteiger partial charge in [-0.1, -0.05) is 42.3 Å². The number of carbonyl (C=O) groups excluding carboxylic acids is 1. The van der Waals surface area contributed by atoms with Crippen LogP contribution in [0.2, 0.25) is 0 Å². The van der Waals surface area contributed by atoms with Crippen molar-refractivity contribution in [2.24, 2.45) is 0 Å². The Morgan fingerprint density at radius 3 is 2.83 bits per heavy atom. The van der Waals surface area contributed by atoms with E-state index in [0.717, 1.165) is 10.8 Å². The number of allylic oxidation sites excluding steroid dienone is 1. The van der Waals surface area contributed by atoms with E-state index in [1.54, 1.807) is 12.1 Å². The van der Waals surface area contributed by atoms with Gasteiger partial charge < -0.3 is 4.74 Å². The molecule has 0 atom stereocenters. The Morgan fingerprint density at radius 2 is 2.00 bits per heavy atom. The number of rotatable bonds is 3. The monoisotopic (exact) mass is 236 g/mol. The smallest absolute Gasteiger partial charge is 0.339 e. The van der Waals surface area contributed by atoms with Crippen LogP contribution < -0.4 is 0 Å². The molecule has 0 aliphatic rings. The summed E-state index contributed by atoms with van der Waals surface area (Å²) in [5, 5.41) is 1.91. The molecule has 0 aromatic heterocycles. The number of hydrogen-bond donors (Lipinski definition) is 0. The van der Waals surface area contributed by atoms with Crippen LogP contribution in [0, 0.1) is 12.3 Å². The lowest BCUT2D eigenvalue weighted by Gasteiger charge is -2.05. The summed E-state index contributed by atoms with van der Waals surface area (Å²) in [7, 11) is 0. The van der Waals surface area contributed by atoms with Gasteiger partial charge in [0.2, 0.25) is 0 Å². The van der Waals surface area contributed by atoms with E-state index in [4.69, 9.17) is 11.2 Å². The predicted molar refractivity (Wildman–Crippen MR) is 72.2 cm³/mol. The molecule has 0 N–H and O–H groups in total. The third-order valence-corrected chi connectivity index (χ3v) is 2.53. The summed E-state index contributed by atoms with van der Waals surface area (Å²) in [6.45, 7) is 0.187. The lowest BCUT2D eigenvalue weighted by atomic mass is 10.1. The Balaban J connectivity index is 2.23. The van der Waals surface area contributed by atoms with Crippen molar-refractivity contribution in [3.05, 3.63) is 60.2 Å². The van der Waals surface area contributed by atoms with Crippen LogP contribution in [0.3, 0.4) is 0 Å². The standard InChI is InChI=1S/C16H12O2/c1-2-3-6-12-18-16(17)15-11-7-9-13-8-4-5-10-14(13)15/h1,3-11H,12H2. The van der Waals surface area contributed by atoms with E-state index >= 15 is 0 Å². The SMILES string of the molecule is C#CC=CCOC(=O)c1cccc2ccccc12. The van der Waals surface area contributed by atoms with Crippen molar-refractivity contribution in [2.75, 3.05) is 6.61 Å². The first-order valence-corrected chi connectivity index (χ1v) is 5.59. The van der Waals surface area contributed by atoms with Gasteiger partial charge in [0.15, 0.2) is 0 Å². The largest absolute Gasteiger partial charge is 0.458 e. The van der Waals surface area contributed by atoms with E-state index in [9.17, 15) is 4.79 Å². The van der Waals surface area contributed by atoms with Gasteiger partial charge in [-0.05, 0) is 29.0 Å². The number of terminal acetylenes is 1. The lowest BCUT2D eigenvalue weighted by molar-refractivity contribution is 0.0552. The van der Waals surface area contributed by atoms with Crippen molar-refractivity contribution in [1.82, 2.24) is 0 Å². The zero-order chi connectivity index (χ0) is 12.8. The zero-order valence-corrected chi connectivity index (χ0v) is 9.80. The molecule has 0 aliphatic heterocycles. The zero-order valence-electron chi connectivity index (χ0n) is 9.80. The molecule has 0 spiro atoms. The summed E-state index contributed by atoms with van der Waals surface area (Å²) in [5.41, 5.74) is 0.571. The normalized spacial score (nSPS) is 10.4. The molecule has 0 unspecified atom stereocenters. The molecule has 0 amide bonds. The quantitative estimate of drug-likeness (QED) is 0.604. The van der Waals surface area contributed by atoms with E-state index in [1.165, 1.54) is 6.08 Å². The molecule has 0 radical (unpaired) electrons. The molecule has 0 saturated carbocycles. The molecular weight excluding hydrogens is 224 g/mol. The topological polar surface area (TPSA) is 26.3 Å². The van der Waals surface area contributed by atoms with Gasteiger partial charge in [0.05, 0.1) is 5.56 Å². The van der Waals surface area contributed by atoms with Crippen molar-refractivity contribution < 1.29 is 9.53 Å². The van der Waals surface area contributed by atoms with Gasteiger partial charge in [-0.3, -0.25) is 0 Å². The second-order valence-electron chi connectivity index (χ2n) is 3.69. The fourth-order valence-corrected chi connectivity index (χ4v) is 1.72. The summed E-state index contributed by atoms with van der Waals surface area (Å²) in [5.74, 6) is 2.00. The summed E-state index contributed by atoms with van der Waals surface area (Å²) in [6.07, 6.45) is 8.19. The highest BCUT2D eigenvalue weighted by Crippen LogP contribution is 2.19. The Bertz CT molecular complexity index is 628. The van der Waals surface area contributed by atoms with Crippen molar-refractivity contribution in [2.45, 2.75) is 0 Å². The van der Waals surface area contributed by atoms with Crippen LogP contribution in [0.1, 0.15) is 10.4 Å². The van der Waals surface area contributed by atoms with Crippen LogP contribution in [-0.2, 0) is 4.74 Å². The summed E-state index contributed by atoms with van der Waals surface area (Å²) in [4.78, 5) is 11.9. The highest BCUT2D eigenvalue weighted by Gasteiger charge is 2.09. The molecule has 0 heterocycles. The fraction of sp³-hybridized carbons (Fsp3) is 0.0625. The number of esters is 1. The maximum absolute atomic E-state index is 11.9. The van der Waals surface area contributed by atoms with Crippen LogP contribution in [0.5, 0.6) is 0 Å². The van der Waals surface area contributed by atoms with Gasteiger partial charge >= 0.3 is 5.97 Å². The van der Waals surface area contributed by atoms with Gasteiger partial charge in [-0.25, -0.2) is 4.79 Å². The molecule has 2 rings (SSSR count). The number of hydrogen-bond acceptors (Lipinski definition) is 2. The molecule has 18 heavy (non-hydrogen) atoms. The third kappa shape index (κ3) is 2.58. The summed E-state index contributed by atoms with van der Waals surface area (Å²) in [6, 6.07) is 13.3.